The van der Waals surface area contributed by atoms with Gasteiger partial charge in [0.05, 0.1) is 27.7 Å². The third-order valence-electron chi connectivity index (χ3n) is 5.57. The van der Waals surface area contributed by atoms with Crippen LogP contribution in [0.2, 0.25) is 5.02 Å². The lowest BCUT2D eigenvalue weighted by Gasteiger charge is -2.36. The molecule has 36 heavy (non-hydrogen) atoms. The molecule has 0 aromatic heterocycles. The number of benzene rings is 3. The molecule has 1 aliphatic heterocycles. The number of alkyl halides is 3. The Kier molecular flexibility index (Phi) is 6.89. The standard InChI is InChI=1S/C24H18ClF4NO5S/c25-18-5-2-6-19(26)23(18)14-7-9-21-20(11-14)30(13-16(35-21)8-10-22(31)32)36(33,34)17-4-1-3-15(12-17)24(27,28)29/h1-7,9,11-12,16H,8,10,13H2,(H,31,32). The van der Waals surface area contributed by atoms with Crippen LogP contribution in [-0.2, 0) is 21.0 Å². The van der Waals surface area contributed by atoms with Crippen molar-refractivity contribution in [2.75, 3.05) is 10.8 Å². The molecule has 0 spiro atoms. The minimum atomic E-state index is -4.77. The summed E-state index contributed by atoms with van der Waals surface area (Å²) in [6.45, 7) is -0.368. The number of rotatable bonds is 6. The van der Waals surface area contributed by atoms with Crippen molar-refractivity contribution in [2.24, 2.45) is 0 Å². The van der Waals surface area contributed by atoms with Crippen molar-refractivity contribution in [3.8, 4) is 16.9 Å². The van der Waals surface area contributed by atoms with Crippen LogP contribution in [0.4, 0.5) is 23.2 Å². The van der Waals surface area contributed by atoms with Gasteiger partial charge >= 0.3 is 12.1 Å². The molecule has 6 nitrogen and oxygen atoms in total. The second-order valence-corrected chi connectivity index (χ2v) is 10.3. The van der Waals surface area contributed by atoms with Gasteiger partial charge in [0, 0.05) is 12.0 Å². The van der Waals surface area contributed by atoms with E-state index in [1.807, 2.05) is 0 Å². The van der Waals surface area contributed by atoms with E-state index in [4.69, 9.17) is 21.4 Å². The van der Waals surface area contributed by atoms with Crippen molar-refractivity contribution < 1.29 is 40.6 Å². The lowest BCUT2D eigenvalue weighted by molar-refractivity contribution is -0.138. The highest BCUT2D eigenvalue weighted by atomic mass is 35.5. The number of carboxylic acid groups (broad SMARTS) is 1. The zero-order valence-electron chi connectivity index (χ0n) is 18.3. The molecule has 1 N–H and O–H groups in total. The molecule has 1 atom stereocenters. The van der Waals surface area contributed by atoms with E-state index in [9.17, 15) is 30.8 Å². The zero-order chi connectivity index (χ0) is 26.3. The Balaban J connectivity index is 1.84. The van der Waals surface area contributed by atoms with E-state index in [0.717, 1.165) is 22.5 Å². The molecule has 1 aliphatic rings. The van der Waals surface area contributed by atoms with Gasteiger partial charge in [-0.2, -0.15) is 13.2 Å². The predicted molar refractivity (Wildman–Crippen MR) is 124 cm³/mol. The lowest BCUT2D eigenvalue weighted by atomic mass is 10.0. The number of sulfonamides is 1. The highest BCUT2D eigenvalue weighted by molar-refractivity contribution is 7.92. The summed E-state index contributed by atoms with van der Waals surface area (Å²) in [6, 6.07) is 11.5. The first kappa shape index (κ1) is 25.8. The Labute approximate surface area is 208 Å². The smallest absolute Gasteiger partial charge is 0.416 e. The predicted octanol–water partition coefficient (Wildman–Crippen LogP) is 5.99. The van der Waals surface area contributed by atoms with Crippen LogP contribution in [0.25, 0.3) is 11.1 Å². The van der Waals surface area contributed by atoms with Gasteiger partial charge in [-0.05, 0) is 54.4 Å². The number of hydrogen-bond donors (Lipinski definition) is 1. The van der Waals surface area contributed by atoms with Gasteiger partial charge in [0.1, 0.15) is 17.7 Å². The van der Waals surface area contributed by atoms with Crippen LogP contribution in [0.1, 0.15) is 18.4 Å². The second kappa shape index (κ2) is 9.62. The van der Waals surface area contributed by atoms with Gasteiger partial charge in [0.15, 0.2) is 0 Å². The minimum absolute atomic E-state index is 0.00591. The Morgan fingerprint density at radius 3 is 2.50 bits per heavy atom. The Bertz CT molecular complexity index is 1410. The molecule has 0 amide bonds. The quantitative estimate of drug-likeness (QED) is 0.386. The zero-order valence-corrected chi connectivity index (χ0v) is 19.9. The van der Waals surface area contributed by atoms with E-state index in [1.165, 1.54) is 36.4 Å². The summed E-state index contributed by atoms with van der Waals surface area (Å²) < 4.78 is 88.1. The molecule has 0 saturated carbocycles. The van der Waals surface area contributed by atoms with E-state index in [1.54, 1.807) is 0 Å². The van der Waals surface area contributed by atoms with Gasteiger partial charge in [-0.25, -0.2) is 12.8 Å². The normalized spacial score (nSPS) is 15.8. The molecule has 0 saturated heterocycles. The summed E-state index contributed by atoms with van der Waals surface area (Å²) >= 11 is 6.16. The van der Waals surface area contributed by atoms with Gasteiger partial charge in [0.25, 0.3) is 10.0 Å². The average Bonchev–Trinajstić information content (AvgIpc) is 2.81. The molecule has 3 aromatic rings. The largest absolute Gasteiger partial charge is 0.486 e. The number of carboxylic acids is 1. The van der Waals surface area contributed by atoms with Gasteiger partial charge in [-0.15, -0.1) is 0 Å². The topological polar surface area (TPSA) is 83.9 Å². The number of fused-ring (bicyclic) bond motifs is 1. The molecule has 1 unspecified atom stereocenters. The van der Waals surface area contributed by atoms with Gasteiger partial charge < -0.3 is 9.84 Å². The Morgan fingerprint density at radius 1 is 1.11 bits per heavy atom. The fraction of sp³-hybridized carbons (Fsp3) is 0.208. The molecular formula is C24H18ClF4NO5S. The van der Waals surface area contributed by atoms with Crippen LogP contribution < -0.4 is 9.04 Å². The van der Waals surface area contributed by atoms with Gasteiger partial charge in [-0.1, -0.05) is 29.8 Å². The van der Waals surface area contributed by atoms with Crippen LogP contribution in [-0.4, -0.2) is 32.1 Å². The summed E-state index contributed by atoms with van der Waals surface area (Å²) in [6.07, 6.45) is -6.03. The number of aliphatic carboxylic acids is 1. The summed E-state index contributed by atoms with van der Waals surface area (Å²) in [5, 5.41) is 9.09. The summed E-state index contributed by atoms with van der Waals surface area (Å²) in [7, 11) is -4.57. The van der Waals surface area contributed by atoms with Crippen molar-refractivity contribution in [3.63, 3.8) is 0 Å². The molecule has 1 heterocycles. The average molecular weight is 544 g/mol. The number of ether oxygens (including phenoxy) is 1. The number of carbonyl (C=O) groups is 1. The maximum Gasteiger partial charge on any atom is 0.416 e. The second-order valence-electron chi connectivity index (χ2n) is 8.01. The SMILES string of the molecule is O=C(O)CCC1CN(S(=O)(=O)c2cccc(C(F)(F)F)c2)c2cc(-c3c(F)cccc3Cl)ccc2O1. The molecular weight excluding hydrogens is 526 g/mol. The van der Waals surface area contributed by atoms with Crippen molar-refractivity contribution in [3.05, 3.63) is 77.1 Å². The molecule has 12 heteroatoms. The lowest BCUT2D eigenvalue weighted by Crippen LogP contribution is -2.43. The molecule has 0 bridgehead atoms. The first-order valence-electron chi connectivity index (χ1n) is 10.5. The summed E-state index contributed by atoms with van der Waals surface area (Å²) in [5.74, 6) is -1.74. The summed E-state index contributed by atoms with van der Waals surface area (Å²) in [4.78, 5) is 10.4. The van der Waals surface area contributed by atoms with Crippen LogP contribution >= 0.6 is 11.6 Å². The Morgan fingerprint density at radius 2 is 1.83 bits per heavy atom. The van der Waals surface area contributed by atoms with Crippen LogP contribution in [0.15, 0.2) is 65.6 Å². The van der Waals surface area contributed by atoms with E-state index in [-0.39, 0.29) is 47.0 Å². The van der Waals surface area contributed by atoms with E-state index >= 15 is 0 Å². The minimum Gasteiger partial charge on any atom is -0.486 e. The van der Waals surface area contributed by atoms with Crippen molar-refractivity contribution in [1.29, 1.82) is 0 Å². The van der Waals surface area contributed by atoms with E-state index in [2.05, 4.69) is 0 Å². The number of hydrogen-bond acceptors (Lipinski definition) is 4. The fourth-order valence-electron chi connectivity index (χ4n) is 3.86. The van der Waals surface area contributed by atoms with E-state index in [0.29, 0.717) is 6.07 Å². The van der Waals surface area contributed by atoms with Crippen molar-refractivity contribution >= 4 is 33.3 Å². The molecule has 0 aliphatic carbocycles. The fourth-order valence-corrected chi connectivity index (χ4v) is 5.68. The maximum absolute atomic E-state index is 14.5. The first-order chi connectivity index (χ1) is 16.9. The molecule has 190 valence electrons. The highest BCUT2D eigenvalue weighted by Crippen LogP contribution is 2.42. The van der Waals surface area contributed by atoms with E-state index < -0.39 is 44.5 Å². The molecule has 0 fully saturated rings. The van der Waals surface area contributed by atoms with Crippen LogP contribution in [0, 0.1) is 5.82 Å². The van der Waals surface area contributed by atoms with Crippen molar-refractivity contribution in [1.82, 2.24) is 0 Å². The third kappa shape index (κ3) is 5.12. The molecule has 3 aromatic carbocycles. The highest BCUT2D eigenvalue weighted by Gasteiger charge is 2.37. The van der Waals surface area contributed by atoms with Crippen molar-refractivity contribution in [2.45, 2.75) is 30.0 Å². The first-order valence-corrected chi connectivity index (χ1v) is 12.4. The number of nitrogens with zero attached hydrogens (tertiary/aromatic N) is 1. The molecule has 0 radical (unpaired) electrons. The molecule has 4 rings (SSSR count). The maximum atomic E-state index is 14.5. The Hall–Kier alpha value is -3.31. The number of anilines is 1. The van der Waals surface area contributed by atoms with Gasteiger partial charge in [0.2, 0.25) is 0 Å². The number of halogens is 5. The third-order valence-corrected chi connectivity index (χ3v) is 7.66. The summed E-state index contributed by atoms with van der Waals surface area (Å²) in [5.41, 5.74) is -0.970. The van der Waals surface area contributed by atoms with Gasteiger partial charge in [-0.3, -0.25) is 9.10 Å². The monoisotopic (exact) mass is 543 g/mol. The van der Waals surface area contributed by atoms with Crippen LogP contribution in [0.3, 0.4) is 0 Å². The van der Waals surface area contributed by atoms with Crippen LogP contribution in [0.5, 0.6) is 5.75 Å².